The van der Waals surface area contributed by atoms with Crippen LogP contribution in [-0.2, 0) is 11.3 Å². The Bertz CT molecular complexity index is 1170. The monoisotopic (exact) mass is 450 g/mol. The van der Waals surface area contributed by atoms with Crippen molar-refractivity contribution in [3.63, 3.8) is 0 Å². The molecule has 4 aromatic rings. The number of carbonyl (C=O) groups is 2. The van der Waals surface area contributed by atoms with Crippen LogP contribution in [0.1, 0.15) is 26.4 Å². The van der Waals surface area contributed by atoms with Gasteiger partial charge >= 0.3 is 5.97 Å². The van der Waals surface area contributed by atoms with Crippen LogP contribution in [0.4, 0.5) is 5.69 Å². The topological polar surface area (TPSA) is 77.5 Å². The van der Waals surface area contributed by atoms with Crippen LogP contribution in [0.5, 0.6) is 5.75 Å². The highest BCUT2D eigenvalue weighted by atomic mass is 32.1. The summed E-state index contributed by atoms with van der Waals surface area (Å²) in [7, 11) is 1.59. The van der Waals surface area contributed by atoms with E-state index >= 15 is 0 Å². The zero-order chi connectivity index (χ0) is 21.6. The summed E-state index contributed by atoms with van der Waals surface area (Å²) in [5.74, 6) is 0.0217. The van der Waals surface area contributed by atoms with Crippen LogP contribution in [0.15, 0.2) is 70.7 Å². The second-order valence-electron chi connectivity index (χ2n) is 6.51. The number of aromatic nitrogens is 1. The van der Waals surface area contributed by atoms with Crippen LogP contribution in [0, 0.1) is 0 Å². The quantitative estimate of drug-likeness (QED) is 0.377. The van der Waals surface area contributed by atoms with Crippen molar-refractivity contribution in [2.45, 2.75) is 6.61 Å². The number of benzene rings is 2. The molecule has 8 heteroatoms. The van der Waals surface area contributed by atoms with Gasteiger partial charge in [0.1, 0.15) is 17.4 Å². The zero-order valence-electron chi connectivity index (χ0n) is 16.5. The van der Waals surface area contributed by atoms with E-state index in [9.17, 15) is 9.59 Å². The molecule has 0 bridgehead atoms. The van der Waals surface area contributed by atoms with Crippen molar-refractivity contribution in [3.8, 4) is 16.3 Å². The van der Waals surface area contributed by atoms with Gasteiger partial charge in [-0.25, -0.2) is 9.78 Å². The first-order valence-electron chi connectivity index (χ1n) is 9.32. The molecule has 0 fully saturated rings. The van der Waals surface area contributed by atoms with Gasteiger partial charge in [-0.2, -0.15) is 11.3 Å². The second kappa shape index (κ2) is 9.55. The van der Waals surface area contributed by atoms with Crippen molar-refractivity contribution in [2.75, 3.05) is 12.4 Å². The number of methoxy groups -OCH3 is 1. The van der Waals surface area contributed by atoms with Crippen molar-refractivity contribution in [3.05, 3.63) is 87.6 Å². The van der Waals surface area contributed by atoms with Gasteiger partial charge in [0.25, 0.3) is 5.91 Å². The Morgan fingerprint density at radius 2 is 1.77 bits per heavy atom. The first-order valence-corrected chi connectivity index (χ1v) is 11.1. The Kier molecular flexibility index (Phi) is 6.40. The first-order chi connectivity index (χ1) is 15.1. The third-order valence-electron chi connectivity index (χ3n) is 4.42. The molecule has 0 atom stereocenters. The van der Waals surface area contributed by atoms with Gasteiger partial charge in [-0.3, -0.25) is 4.79 Å². The normalized spacial score (nSPS) is 10.5. The number of anilines is 1. The number of thiazole rings is 1. The van der Waals surface area contributed by atoms with Gasteiger partial charge in [0.15, 0.2) is 5.69 Å². The van der Waals surface area contributed by atoms with Crippen molar-refractivity contribution in [2.24, 2.45) is 0 Å². The van der Waals surface area contributed by atoms with Crippen LogP contribution < -0.4 is 10.1 Å². The van der Waals surface area contributed by atoms with Crippen molar-refractivity contribution < 1.29 is 19.1 Å². The largest absolute Gasteiger partial charge is 0.497 e. The van der Waals surface area contributed by atoms with E-state index in [0.29, 0.717) is 16.9 Å². The highest BCUT2D eigenvalue weighted by Crippen LogP contribution is 2.26. The number of esters is 1. The lowest BCUT2D eigenvalue weighted by molar-refractivity contribution is 0.0466. The number of amides is 1. The Morgan fingerprint density at radius 1 is 1.00 bits per heavy atom. The molecular formula is C23H18N2O4S2. The minimum Gasteiger partial charge on any atom is -0.497 e. The number of thiophene rings is 1. The van der Waals surface area contributed by atoms with E-state index in [0.717, 1.165) is 21.9 Å². The number of rotatable bonds is 7. The molecule has 0 aliphatic heterocycles. The lowest BCUT2D eigenvalue weighted by atomic mass is 10.1. The Balaban J connectivity index is 1.31. The maximum atomic E-state index is 12.4. The number of nitrogens with zero attached hydrogens (tertiary/aromatic N) is 1. The zero-order valence-corrected chi connectivity index (χ0v) is 18.2. The number of hydrogen-bond acceptors (Lipinski definition) is 7. The third kappa shape index (κ3) is 5.17. The fourth-order valence-electron chi connectivity index (χ4n) is 2.74. The molecule has 1 amide bonds. The maximum Gasteiger partial charge on any atom is 0.358 e. The predicted molar refractivity (Wildman–Crippen MR) is 122 cm³/mol. The highest BCUT2D eigenvalue weighted by molar-refractivity contribution is 7.14. The van der Waals surface area contributed by atoms with Gasteiger partial charge in [-0.05, 0) is 53.4 Å². The molecule has 0 unspecified atom stereocenters. The lowest BCUT2D eigenvalue weighted by Gasteiger charge is -2.07. The minimum absolute atomic E-state index is 0.102. The molecule has 2 heterocycles. The van der Waals surface area contributed by atoms with E-state index in [1.807, 2.05) is 16.8 Å². The smallest absolute Gasteiger partial charge is 0.358 e. The first kappa shape index (κ1) is 20.8. The Morgan fingerprint density at radius 3 is 2.45 bits per heavy atom. The molecule has 0 aliphatic carbocycles. The van der Waals surface area contributed by atoms with E-state index in [2.05, 4.69) is 10.3 Å². The van der Waals surface area contributed by atoms with Crippen LogP contribution in [0.2, 0.25) is 0 Å². The highest BCUT2D eigenvalue weighted by Gasteiger charge is 2.14. The van der Waals surface area contributed by atoms with Gasteiger partial charge in [-0.15, -0.1) is 11.3 Å². The Hall–Kier alpha value is -3.49. The summed E-state index contributed by atoms with van der Waals surface area (Å²) in [5, 5.41) is 9.27. The molecule has 1 N–H and O–H groups in total. The van der Waals surface area contributed by atoms with E-state index in [-0.39, 0.29) is 12.5 Å². The number of ether oxygens (including phenoxy) is 2. The molecule has 156 valence electrons. The molecule has 0 saturated heterocycles. The fourth-order valence-corrected chi connectivity index (χ4v) is 4.24. The molecule has 4 rings (SSSR count). The summed E-state index contributed by atoms with van der Waals surface area (Å²) in [4.78, 5) is 29.0. The minimum atomic E-state index is -0.473. The van der Waals surface area contributed by atoms with Gasteiger partial charge in [-0.1, -0.05) is 12.1 Å². The summed E-state index contributed by atoms with van der Waals surface area (Å²) in [6, 6.07) is 16.0. The molecule has 0 aliphatic rings. The van der Waals surface area contributed by atoms with Crippen LogP contribution in [0.3, 0.4) is 0 Å². The molecule has 0 radical (unpaired) electrons. The second-order valence-corrected chi connectivity index (χ2v) is 8.14. The maximum absolute atomic E-state index is 12.4. The van der Waals surface area contributed by atoms with E-state index in [4.69, 9.17) is 9.47 Å². The summed E-state index contributed by atoms with van der Waals surface area (Å²) in [6.45, 7) is 0.102. The van der Waals surface area contributed by atoms with Gasteiger partial charge in [0.05, 0.1) is 7.11 Å². The number of carbonyl (C=O) groups excluding carboxylic acids is 2. The van der Waals surface area contributed by atoms with E-state index < -0.39 is 5.97 Å². The molecule has 6 nitrogen and oxygen atoms in total. The summed E-state index contributed by atoms with van der Waals surface area (Å²) < 4.78 is 10.5. The van der Waals surface area contributed by atoms with Gasteiger partial charge in [0.2, 0.25) is 0 Å². The van der Waals surface area contributed by atoms with E-state index in [1.54, 1.807) is 72.4 Å². The van der Waals surface area contributed by atoms with Crippen LogP contribution in [-0.4, -0.2) is 24.0 Å². The fraction of sp³-hybridized carbons (Fsp3) is 0.0870. The summed E-state index contributed by atoms with van der Waals surface area (Å²) in [5.41, 5.74) is 3.25. The number of nitrogens with one attached hydrogen (secondary N) is 1. The summed E-state index contributed by atoms with van der Waals surface area (Å²) >= 11 is 2.99. The predicted octanol–water partition coefficient (Wildman–Crippen LogP) is 5.49. The van der Waals surface area contributed by atoms with Crippen molar-refractivity contribution >= 4 is 40.2 Å². The van der Waals surface area contributed by atoms with Crippen LogP contribution >= 0.6 is 22.7 Å². The molecule has 31 heavy (non-hydrogen) atoms. The third-order valence-corrected chi connectivity index (χ3v) is 5.99. The molecule has 2 aromatic heterocycles. The SMILES string of the molecule is COc1ccc(NC(=O)c2ccc(COC(=O)c3csc(-c4ccsc4)n3)cc2)cc1. The summed E-state index contributed by atoms with van der Waals surface area (Å²) in [6.07, 6.45) is 0. The molecule has 0 saturated carbocycles. The average molecular weight is 451 g/mol. The van der Waals surface area contributed by atoms with Crippen LogP contribution in [0.25, 0.3) is 10.6 Å². The average Bonchev–Trinajstić information content (AvgIpc) is 3.50. The molecular weight excluding hydrogens is 432 g/mol. The van der Waals surface area contributed by atoms with Gasteiger partial charge < -0.3 is 14.8 Å². The van der Waals surface area contributed by atoms with Crippen molar-refractivity contribution in [1.82, 2.24) is 4.98 Å². The van der Waals surface area contributed by atoms with Crippen molar-refractivity contribution in [1.29, 1.82) is 0 Å². The number of hydrogen-bond donors (Lipinski definition) is 1. The van der Waals surface area contributed by atoms with Gasteiger partial charge in [0, 0.05) is 27.6 Å². The standard InChI is InChI=1S/C23H18N2O4S2/c1-28-19-8-6-18(7-9-19)24-21(26)16-4-2-15(3-5-16)12-29-23(27)20-14-31-22(25-20)17-10-11-30-13-17/h2-11,13-14H,12H2,1H3,(H,24,26). The molecule has 2 aromatic carbocycles. The molecule has 0 spiro atoms. The van der Waals surface area contributed by atoms with E-state index in [1.165, 1.54) is 11.3 Å². The lowest BCUT2D eigenvalue weighted by Crippen LogP contribution is -2.12. The Labute approximate surface area is 187 Å².